The Morgan fingerprint density at radius 1 is 1.05 bits per heavy atom. The number of carbonyl (C=O) groups is 1. The molecule has 2 heteroatoms. The molecule has 0 saturated carbocycles. The number of hydrogen-bond donors (Lipinski definition) is 1. The van der Waals surface area contributed by atoms with Crippen LogP contribution in [0.15, 0.2) is 18.2 Å². The number of carbonyl (C=O) groups excluding carboxylic acids is 1. The predicted molar refractivity (Wildman–Crippen MR) is 79.6 cm³/mol. The summed E-state index contributed by atoms with van der Waals surface area (Å²) < 4.78 is 0. The fourth-order valence-electron chi connectivity index (χ4n) is 2.47. The van der Waals surface area contributed by atoms with Crippen LogP contribution in [0.3, 0.4) is 0 Å². The lowest BCUT2D eigenvalue weighted by Crippen LogP contribution is -1.95. The molecule has 1 aromatic carbocycles. The zero-order valence-corrected chi connectivity index (χ0v) is 12.0. The summed E-state index contributed by atoms with van der Waals surface area (Å²) >= 11 is 0. The first-order valence-corrected chi connectivity index (χ1v) is 7.53. The Morgan fingerprint density at radius 3 is 2.53 bits per heavy atom. The SMILES string of the molecule is CCCc1cccc(O)c1CCCCCCCC=O. The van der Waals surface area contributed by atoms with Gasteiger partial charge in [-0.3, -0.25) is 0 Å². The standard InChI is InChI=1S/C17H26O2/c1-2-10-15-11-9-13-17(19)16(15)12-7-5-3-4-6-8-14-18/h9,11,13-14,19H,2-8,10,12H2,1H3. The molecule has 0 aliphatic rings. The summed E-state index contributed by atoms with van der Waals surface area (Å²) in [5.74, 6) is 0.451. The van der Waals surface area contributed by atoms with Gasteiger partial charge >= 0.3 is 0 Å². The Balaban J connectivity index is 2.33. The molecule has 0 aliphatic carbocycles. The van der Waals surface area contributed by atoms with E-state index >= 15 is 0 Å². The first kappa shape index (κ1) is 15.7. The molecule has 106 valence electrons. The number of hydrogen-bond acceptors (Lipinski definition) is 2. The summed E-state index contributed by atoms with van der Waals surface area (Å²) in [4.78, 5) is 10.2. The largest absolute Gasteiger partial charge is 0.508 e. The van der Waals surface area contributed by atoms with Crippen LogP contribution < -0.4 is 0 Å². The first-order valence-electron chi connectivity index (χ1n) is 7.53. The van der Waals surface area contributed by atoms with Crippen molar-refractivity contribution in [3.63, 3.8) is 0 Å². The number of rotatable bonds is 10. The van der Waals surface area contributed by atoms with E-state index in [-0.39, 0.29) is 0 Å². The van der Waals surface area contributed by atoms with E-state index in [1.54, 1.807) is 6.07 Å². The van der Waals surface area contributed by atoms with Crippen LogP contribution in [0.5, 0.6) is 5.75 Å². The number of phenols is 1. The molecule has 0 spiro atoms. The van der Waals surface area contributed by atoms with Gasteiger partial charge in [0.25, 0.3) is 0 Å². The van der Waals surface area contributed by atoms with Crippen LogP contribution in [0, 0.1) is 0 Å². The molecule has 1 N–H and O–H groups in total. The van der Waals surface area contributed by atoms with Gasteiger partial charge in [0, 0.05) is 6.42 Å². The number of benzene rings is 1. The van der Waals surface area contributed by atoms with Crippen LogP contribution in [-0.4, -0.2) is 11.4 Å². The third kappa shape index (κ3) is 5.91. The van der Waals surface area contributed by atoms with Crippen molar-refractivity contribution in [3.8, 4) is 5.75 Å². The van der Waals surface area contributed by atoms with Crippen LogP contribution in [0.25, 0.3) is 0 Å². The van der Waals surface area contributed by atoms with Gasteiger partial charge in [-0.25, -0.2) is 0 Å². The second kappa shape index (κ2) is 9.60. The van der Waals surface area contributed by atoms with Crippen molar-refractivity contribution in [3.05, 3.63) is 29.3 Å². The van der Waals surface area contributed by atoms with Gasteiger partial charge in [-0.15, -0.1) is 0 Å². The maximum atomic E-state index is 10.2. The Bertz CT molecular complexity index is 372. The predicted octanol–water partition coefficient (Wildman–Crippen LogP) is 4.43. The van der Waals surface area contributed by atoms with Crippen LogP contribution in [0.2, 0.25) is 0 Å². The molecular weight excluding hydrogens is 236 g/mol. The van der Waals surface area contributed by atoms with Gasteiger partial charge in [-0.2, -0.15) is 0 Å². The number of aryl methyl sites for hydroxylation is 1. The quantitative estimate of drug-likeness (QED) is 0.500. The molecule has 2 nitrogen and oxygen atoms in total. The van der Waals surface area contributed by atoms with Crippen molar-refractivity contribution in [1.29, 1.82) is 0 Å². The first-order chi connectivity index (χ1) is 9.29. The maximum Gasteiger partial charge on any atom is 0.119 e. The summed E-state index contributed by atoms with van der Waals surface area (Å²) in [7, 11) is 0. The normalized spacial score (nSPS) is 10.6. The molecule has 19 heavy (non-hydrogen) atoms. The van der Waals surface area contributed by atoms with Gasteiger partial charge in [-0.1, -0.05) is 44.7 Å². The molecule has 1 rings (SSSR count). The van der Waals surface area contributed by atoms with E-state index in [2.05, 4.69) is 13.0 Å². The minimum atomic E-state index is 0.451. The van der Waals surface area contributed by atoms with E-state index in [9.17, 15) is 9.90 Å². The Morgan fingerprint density at radius 2 is 1.79 bits per heavy atom. The molecule has 0 amide bonds. The molecule has 0 bridgehead atoms. The minimum Gasteiger partial charge on any atom is -0.508 e. The fraction of sp³-hybridized carbons (Fsp3) is 0.588. The Hall–Kier alpha value is -1.31. The lowest BCUT2D eigenvalue weighted by Gasteiger charge is -2.10. The summed E-state index contributed by atoms with van der Waals surface area (Å²) in [5, 5.41) is 9.95. The summed E-state index contributed by atoms with van der Waals surface area (Å²) in [6, 6.07) is 5.85. The van der Waals surface area contributed by atoms with E-state index < -0.39 is 0 Å². The van der Waals surface area contributed by atoms with Crippen molar-refractivity contribution in [2.24, 2.45) is 0 Å². The van der Waals surface area contributed by atoms with Crippen molar-refractivity contribution in [1.82, 2.24) is 0 Å². The van der Waals surface area contributed by atoms with E-state index in [0.29, 0.717) is 12.2 Å². The summed E-state index contributed by atoms with van der Waals surface area (Å²) in [5.41, 5.74) is 2.43. The average molecular weight is 262 g/mol. The van der Waals surface area contributed by atoms with Gasteiger partial charge < -0.3 is 9.90 Å². The van der Waals surface area contributed by atoms with E-state index in [4.69, 9.17) is 0 Å². The minimum absolute atomic E-state index is 0.451. The molecule has 1 aromatic rings. The van der Waals surface area contributed by atoms with Gasteiger partial charge in [0.2, 0.25) is 0 Å². The number of aromatic hydroxyl groups is 1. The van der Waals surface area contributed by atoms with Gasteiger partial charge in [0.1, 0.15) is 12.0 Å². The monoisotopic (exact) mass is 262 g/mol. The smallest absolute Gasteiger partial charge is 0.119 e. The number of unbranched alkanes of at least 4 members (excludes halogenated alkanes) is 5. The zero-order valence-electron chi connectivity index (χ0n) is 12.0. The highest BCUT2D eigenvalue weighted by Gasteiger charge is 2.06. The highest BCUT2D eigenvalue weighted by atomic mass is 16.3. The number of aldehydes is 1. The van der Waals surface area contributed by atoms with Crippen LogP contribution in [0.1, 0.15) is 63.0 Å². The molecular formula is C17H26O2. The molecule has 0 atom stereocenters. The summed E-state index contributed by atoms with van der Waals surface area (Å²) in [6.45, 7) is 2.17. The fourth-order valence-corrected chi connectivity index (χ4v) is 2.47. The highest BCUT2D eigenvalue weighted by molar-refractivity contribution is 5.48. The second-order valence-electron chi connectivity index (χ2n) is 5.14. The Kier molecular flexibility index (Phi) is 7.95. The Labute approximate surface area is 116 Å². The van der Waals surface area contributed by atoms with Crippen molar-refractivity contribution >= 4 is 6.29 Å². The lowest BCUT2D eigenvalue weighted by atomic mass is 9.97. The van der Waals surface area contributed by atoms with E-state index in [1.807, 2.05) is 6.07 Å². The topological polar surface area (TPSA) is 37.3 Å². The van der Waals surface area contributed by atoms with Crippen LogP contribution in [-0.2, 0) is 17.6 Å². The third-order valence-electron chi connectivity index (χ3n) is 3.52. The van der Waals surface area contributed by atoms with Gasteiger partial charge in [0.05, 0.1) is 0 Å². The van der Waals surface area contributed by atoms with Crippen molar-refractivity contribution in [2.45, 2.75) is 64.7 Å². The highest BCUT2D eigenvalue weighted by Crippen LogP contribution is 2.24. The number of phenolic OH excluding ortho intramolecular Hbond substituents is 1. The van der Waals surface area contributed by atoms with E-state index in [1.165, 1.54) is 18.4 Å². The molecule has 0 fully saturated rings. The molecule has 0 unspecified atom stereocenters. The lowest BCUT2D eigenvalue weighted by molar-refractivity contribution is -0.107. The second-order valence-corrected chi connectivity index (χ2v) is 5.14. The molecule has 0 aliphatic heterocycles. The third-order valence-corrected chi connectivity index (χ3v) is 3.52. The van der Waals surface area contributed by atoms with Gasteiger partial charge in [0.15, 0.2) is 0 Å². The van der Waals surface area contributed by atoms with Crippen molar-refractivity contribution < 1.29 is 9.90 Å². The molecule has 0 aromatic heterocycles. The van der Waals surface area contributed by atoms with Gasteiger partial charge in [-0.05, 0) is 42.9 Å². The summed E-state index contributed by atoms with van der Waals surface area (Å²) in [6.07, 6.45) is 10.5. The molecule has 0 saturated heterocycles. The van der Waals surface area contributed by atoms with Crippen LogP contribution >= 0.6 is 0 Å². The average Bonchev–Trinajstić information content (AvgIpc) is 2.41. The van der Waals surface area contributed by atoms with E-state index in [0.717, 1.165) is 50.4 Å². The molecule has 0 radical (unpaired) electrons. The molecule has 0 heterocycles. The van der Waals surface area contributed by atoms with Crippen LogP contribution in [0.4, 0.5) is 0 Å². The van der Waals surface area contributed by atoms with Crippen molar-refractivity contribution in [2.75, 3.05) is 0 Å². The maximum absolute atomic E-state index is 10.2. The zero-order chi connectivity index (χ0) is 13.9.